The van der Waals surface area contributed by atoms with Crippen LogP contribution in [0.15, 0.2) is 30.3 Å². The van der Waals surface area contributed by atoms with Crippen molar-refractivity contribution in [3.05, 3.63) is 46.8 Å². The molecule has 0 atom stereocenters. The van der Waals surface area contributed by atoms with Gasteiger partial charge in [-0.15, -0.1) is 11.3 Å². The highest BCUT2D eigenvalue weighted by Gasteiger charge is 2.06. The van der Waals surface area contributed by atoms with E-state index in [4.69, 9.17) is 5.11 Å². The standard InChI is InChI=1S/C11H8F2OS/c12-9-3-1-7(5-10(9)13)11-4-2-8(6-14)15-11/h1-5,14H,6H2. The number of aliphatic hydroxyl groups is 1. The van der Waals surface area contributed by atoms with Gasteiger partial charge in [-0.1, -0.05) is 6.07 Å². The summed E-state index contributed by atoms with van der Waals surface area (Å²) in [5.41, 5.74) is 0.624. The first-order valence-electron chi connectivity index (χ1n) is 4.35. The van der Waals surface area contributed by atoms with E-state index in [0.717, 1.165) is 21.9 Å². The fourth-order valence-electron chi connectivity index (χ4n) is 1.27. The molecule has 4 heteroatoms. The fraction of sp³-hybridized carbons (Fsp3) is 0.0909. The Balaban J connectivity index is 2.40. The second kappa shape index (κ2) is 4.08. The monoisotopic (exact) mass is 226 g/mol. The van der Waals surface area contributed by atoms with Gasteiger partial charge in [0.25, 0.3) is 0 Å². The van der Waals surface area contributed by atoms with Crippen molar-refractivity contribution in [2.24, 2.45) is 0 Å². The van der Waals surface area contributed by atoms with Crippen molar-refractivity contribution in [1.82, 2.24) is 0 Å². The predicted octanol–water partition coefficient (Wildman–Crippen LogP) is 3.19. The molecule has 2 rings (SSSR count). The molecule has 15 heavy (non-hydrogen) atoms. The van der Waals surface area contributed by atoms with Gasteiger partial charge in [0.05, 0.1) is 6.61 Å². The lowest BCUT2D eigenvalue weighted by Crippen LogP contribution is -1.83. The summed E-state index contributed by atoms with van der Waals surface area (Å²) < 4.78 is 25.6. The van der Waals surface area contributed by atoms with Gasteiger partial charge in [-0.2, -0.15) is 0 Å². The summed E-state index contributed by atoms with van der Waals surface area (Å²) in [5, 5.41) is 8.87. The van der Waals surface area contributed by atoms with Crippen molar-refractivity contribution in [3.8, 4) is 10.4 Å². The third-order valence-corrected chi connectivity index (χ3v) is 3.14. The molecule has 0 unspecified atom stereocenters. The predicted molar refractivity (Wildman–Crippen MR) is 55.6 cm³/mol. The first-order chi connectivity index (χ1) is 7.20. The number of halogens is 2. The number of thiophene rings is 1. The molecule has 0 saturated heterocycles. The summed E-state index contributed by atoms with van der Waals surface area (Å²) in [4.78, 5) is 1.62. The van der Waals surface area contributed by atoms with Crippen molar-refractivity contribution >= 4 is 11.3 Å². The second-order valence-corrected chi connectivity index (χ2v) is 4.22. The molecule has 0 bridgehead atoms. The maximum absolute atomic E-state index is 12.9. The van der Waals surface area contributed by atoms with Crippen molar-refractivity contribution in [1.29, 1.82) is 0 Å². The Labute approximate surface area is 89.6 Å². The average molecular weight is 226 g/mol. The Bertz CT molecular complexity index is 479. The molecule has 0 saturated carbocycles. The third kappa shape index (κ3) is 2.06. The molecule has 1 heterocycles. The van der Waals surface area contributed by atoms with Crippen LogP contribution in [0.3, 0.4) is 0 Å². The number of rotatable bonds is 2. The smallest absolute Gasteiger partial charge is 0.159 e. The van der Waals surface area contributed by atoms with Gasteiger partial charge in [-0.3, -0.25) is 0 Å². The number of hydrogen-bond donors (Lipinski definition) is 1. The van der Waals surface area contributed by atoms with E-state index in [1.165, 1.54) is 17.4 Å². The second-order valence-electron chi connectivity index (χ2n) is 3.05. The highest BCUT2D eigenvalue weighted by molar-refractivity contribution is 7.15. The van der Waals surface area contributed by atoms with Gasteiger partial charge in [0.15, 0.2) is 11.6 Å². The zero-order valence-corrected chi connectivity index (χ0v) is 8.52. The largest absolute Gasteiger partial charge is 0.391 e. The quantitative estimate of drug-likeness (QED) is 0.833. The molecule has 0 aliphatic rings. The maximum atomic E-state index is 12.9. The normalized spacial score (nSPS) is 10.6. The first kappa shape index (κ1) is 10.3. The van der Waals surface area contributed by atoms with Gasteiger partial charge >= 0.3 is 0 Å². The molecule has 0 aliphatic carbocycles. The van der Waals surface area contributed by atoms with Crippen LogP contribution in [0.25, 0.3) is 10.4 Å². The molecule has 0 aliphatic heterocycles. The Morgan fingerprint density at radius 1 is 1.07 bits per heavy atom. The topological polar surface area (TPSA) is 20.2 Å². The lowest BCUT2D eigenvalue weighted by atomic mass is 10.2. The van der Waals surface area contributed by atoms with Crippen LogP contribution >= 0.6 is 11.3 Å². The fourth-order valence-corrected chi connectivity index (χ4v) is 2.13. The van der Waals surface area contributed by atoms with Gasteiger partial charge in [0, 0.05) is 9.75 Å². The maximum Gasteiger partial charge on any atom is 0.159 e. The lowest BCUT2D eigenvalue weighted by molar-refractivity contribution is 0.285. The Morgan fingerprint density at radius 3 is 2.47 bits per heavy atom. The van der Waals surface area contributed by atoms with Crippen LogP contribution in [-0.2, 0) is 6.61 Å². The number of benzene rings is 1. The molecule has 2 aromatic rings. The van der Waals surface area contributed by atoms with E-state index in [1.807, 2.05) is 0 Å². The minimum atomic E-state index is -0.855. The van der Waals surface area contributed by atoms with Crippen molar-refractivity contribution in [3.63, 3.8) is 0 Å². The zero-order valence-electron chi connectivity index (χ0n) is 7.71. The minimum absolute atomic E-state index is 0.0334. The van der Waals surface area contributed by atoms with E-state index in [1.54, 1.807) is 12.1 Å². The average Bonchev–Trinajstić information content (AvgIpc) is 2.70. The summed E-state index contributed by atoms with van der Waals surface area (Å²) >= 11 is 1.36. The summed E-state index contributed by atoms with van der Waals surface area (Å²) in [7, 11) is 0. The lowest BCUT2D eigenvalue weighted by Gasteiger charge is -1.98. The molecule has 1 aromatic carbocycles. The molecule has 0 spiro atoms. The summed E-state index contributed by atoms with van der Waals surface area (Å²) in [6.07, 6.45) is 0. The van der Waals surface area contributed by atoms with Gasteiger partial charge < -0.3 is 5.11 Å². The third-order valence-electron chi connectivity index (χ3n) is 2.02. The molecule has 0 amide bonds. The van der Waals surface area contributed by atoms with E-state index < -0.39 is 11.6 Å². The first-order valence-corrected chi connectivity index (χ1v) is 5.17. The highest BCUT2D eigenvalue weighted by Crippen LogP contribution is 2.28. The van der Waals surface area contributed by atoms with E-state index in [-0.39, 0.29) is 6.61 Å². The van der Waals surface area contributed by atoms with Gasteiger partial charge in [-0.25, -0.2) is 8.78 Å². The molecule has 0 fully saturated rings. The Morgan fingerprint density at radius 2 is 1.87 bits per heavy atom. The minimum Gasteiger partial charge on any atom is -0.391 e. The summed E-state index contributed by atoms with van der Waals surface area (Å²) in [6.45, 7) is -0.0334. The Kier molecular flexibility index (Phi) is 2.79. The van der Waals surface area contributed by atoms with E-state index >= 15 is 0 Å². The van der Waals surface area contributed by atoms with E-state index in [0.29, 0.717) is 5.56 Å². The van der Waals surface area contributed by atoms with Crippen molar-refractivity contribution in [2.75, 3.05) is 0 Å². The number of hydrogen-bond acceptors (Lipinski definition) is 2. The van der Waals surface area contributed by atoms with Crippen molar-refractivity contribution < 1.29 is 13.9 Å². The van der Waals surface area contributed by atoms with Crippen LogP contribution in [0.2, 0.25) is 0 Å². The van der Waals surface area contributed by atoms with E-state index in [2.05, 4.69) is 0 Å². The number of aliphatic hydroxyl groups excluding tert-OH is 1. The van der Waals surface area contributed by atoms with Crippen molar-refractivity contribution in [2.45, 2.75) is 6.61 Å². The van der Waals surface area contributed by atoms with Crippen LogP contribution in [0.4, 0.5) is 8.78 Å². The van der Waals surface area contributed by atoms with Gasteiger partial charge in [-0.05, 0) is 29.8 Å². The SMILES string of the molecule is OCc1ccc(-c2ccc(F)c(F)c2)s1. The van der Waals surface area contributed by atoms with Crippen LogP contribution in [-0.4, -0.2) is 5.11 Å². The molecular formula is C11H8F2OS. The molecule has 0 radical (unpaired) electrons. The van der Waals surface area contributed by atoms with Gasteiger partial charge in [0.2, 0.25) is 0 Å². The van der Waals surface area contributed by atoms with Crippen LogP contribution in [0.1, 0.15) is 4.88 Å². The highest BCUT2D eigenvalue weighted by atomic mass is 32.1. The molecule has 78 valence electrons. The van der Waals surface area contributed by atoms with E-state index in [9.17, 15) is 8.78 Å². The zero-order chi connectivity index (χ0) is 10.8. The summed E-state index contributed by atoms with van der Waals surface area (Å²) in [5.74, 6) is -1.70. The molecule has 1 aromatic heterocycles. The van der Waals surface area contributed by atoms with Crippen LogP contribution < -0.4 is 0 Å². The molecule has 1 nitrogen and oxygen atoms in total. The Hall–Kier alpha value is -1.26. The van der Waals surface area contributed by atoms with Crippen LogP contribution in [0.5, 0.6) is 0 Å². The van der Waals surface area contributed by atoms with Crippen LogP contribution in [0, 0.1) is 11.6 Å². The van der Waals surface area contributed by atoms with Gasteiger partial charge in [0.1, 0.15) is 0 Å². The molecule has 1 N–H and O–H groups in total. The molecular weight excluding hydrogens is 218 g/mol. The summed E-state index contributed by atoms with van der Waals surface area (Å²) in [6, 6.07) is 7.32.